The second kappa shape index (κ2) is 5.80. The monoisotopic (exact) mass is 221 g/mol. The molecule has 1 aromatic carbocycles. The molecule has 1 rings (SSSR count). The topological polar surface area (TPSA) is 12.0 Å². The van der Waals surface area contributed by atoms with Crippen LogP contribution in [0.3, 0.4) is 0 Å². The molecule has 15 heavy (non-hydrogen) atoms. The van der Waals surface area contributed by atoms with E-state index < -0.39 is 0 Å². The van der Waals surface area contributed by atoms with Crippen LogP contribution >= 0.6 is 11.6 Å². The van der Waals surface area contributed by atoms with Gasteiger partial charge in [-0.1, -0.05) is 17.7 Å². The van der Waals surface area contributed by atoms with Gasteiger partial charge in [-0.15, -0.1) is 12.3 Å². The summed E-state index contributed by atoms with van der Waals surface area (Å²) in [6.45, 7) is 4.99. The molecule has 0 aliphatic heterocycles. The Morgan fingerprint density at radius 3 is 2.87 bits per heavy atom. The van der Waals surface area contributed by atoms with Gasteiger partial charge in [-0.25, -0.2) is 0 Å². The average molecular weight is 222 g/mol. The maximum Gasteiger partial charge on any atom is 0.0408 e. The molecule has 0 amide bonds. The van der Waals surface area contributed by atoms with Gasteiger partial charge < -0.3 is 5.32 Å². The zero-order valence-corrected chi connectivity index (χ0v) is 9.93. The molecule has 80 valence electrons. The summed E-state index contributed by atoms with van der Waals surface area (Å²) in [4.78, 5) is 0. The van der Waals surface area contributed by atoms with Crippen LogP contribution in [-0.4, -0.2) is 6.04 Å². The molecule has 0 spiro atoms. The normalized spacial score (nSPS) is 12.1. The molecule has 0 radical (unpaired) electrons. The summed E-state index contributed by atoms with van der Waals surface area (Å²) in [6.07, 6.45) is 6.00. The third-order valence-electron chi connectivity index (χ3n) is 2.37. The summed E-state index contributed by atoms with van der Waals surface area (Å²) < 4.78 is 0. The van der Waals surface area contributed by atoms with E-state index in [0.29, 0.717) is 6.04 Å². The highest BCUT2D eigenvalue weighted by Gasteiger charge is 2.02. The second-order valence-corrected chi connectivity index (χ2v) is 4.20. The van der Waals surface area contributed by atoms with Crippen LogP contribution in [0.15, 0.2) is 18.2 Å². The first-order chi connectivity index (χ1) is 7.13. The number of nitrogens with one attached hydrogen (secondary N) is 1. The molecule has 0 fully saturated rings. The van der Waals surface area contributed by atoms with Crippen LogP contribution in [0.5, 0.6) is 0 Å². The fourth-order valence-corrected chi connectivity index (χ4v) is 1.62. The van der Waals surface area contributed by atoms with E-state index in [0.717, 1.165) is 18.0 Å². The van der Waals surface area contributed by atoms with Crippen molar-refractivity contribution in [3.63, 3.8) is 0 Å². The Morgan fingerprint density at radius 1 is 1.53 bits per heavy atom. The highest BCUT2D eigenvalue weighted by atomic mass is 35.5. The van der Waals surface area contributed by atoms with E-state index in [9.17, 15) is 0 Å². The van der Waals surface area contributed by atoms with Crippen molar-refractivity contribution in [1.82, 2.24) is 5.32 Å². The van der Waals surface area contributed by atoms with Gasteiger partial charge in [0, 0.05) is 24.0 Å². The van der Waals surface area contributed by atoms with Crippen LogP contribution in [0.1, 0.15) is 24.5 Å². The van der Waals surface area contributed by atoms with E-state index in [1.807, 2.05) is 18.2 Å². The van der Waals surface area contributed by atoms with Crippen molar-refractivity contribution in [3.8, 4) is 12.3 Å². The molecule has 0 bridgehead atoms. The Balaban J connectivity index is 2.55. The van der Waals surface area contributed by atoms with Crippen LogP contribution in [0.25, 0.3) is 0 Å². The molecule has 2 heteroatoms. The smallest absolute Gasteiger partial charge is 0.0408 e. The number of aryl methyl sites for hydroxylation is 1. The van der Waals surface area contributed by atoms with Crippen LogP contribution in [0.2, 0.25) is 5.02 Å². The van der Waals surface area contributed by atoms with E-state index in [4.69, 9.17) is 18.0 Å². The van der Waals surface area contributed by atoms with E-state index in [2.05, 4.69) is 25.1 Å². The van der Waals surface area contributed by atoms with Crippen molar-refractivity contribution >= 4 is 11.6 Å². The molecule has 1 N–H and O–H groups in total. The zero-order valence-electron chi connectivity index (χ0n) is 9.18. The highest BCUT2D eigenvalue weighted by molar-refractivity contribution is 6.30. The minimum absolute atomic E-state index is 0.352. The van der Waals surface area contributed by atoms with Gasteiger partial charge in [-0.3, -0.25) is 0 Å². The Kier molecular flexibility index (Phi) is 4.68. The second-order valence-electron chi connectivity index (χ2n) is 3.76. The minimum Gasteiger partial charge on any atom is -0.309 e. The van der Waals surface area contributed by atoms with Crippen molar-refractivity contribution in [3.05, 3.63) is 34.3 Å². The number of terminal acetylenes is 1. The largest absolute Gasteiger partial charge is 0.309 e. The first kappa shape index (κ1) is 12.1. The number of hydrogen-bond acceptors (Lipinski definition) is 1. The maximum atomic E-state index is 5.88. The van der Waals surface area contributed by atoms with Crippen LogP contribution < -0.4 is 5.32 Å². The van der Waals surface area contributed by atoms with Crippen LogP contribution in [-0.2, 0) is 6.54 Å². The molecular weight excluding hydrogens is 206 g/mol. The predicted octanol–water partition coefficient (Wildman–Crippen LogP) is 3.15. The number of hydrogen-bond donors (Lipinski definition) is 1. The van der Waals surface area contributed by atoms with Gasteiger partial charge >= 0.3 is 0 Å². The first-order valence-corrected chi connectivity index (χ1v) is 5.43. The Bertz CT molecular complexity index is 365. The molecule has 1 unspecified atom stereocenters. The van der Waals surface area contributed by atoms with Crippen LogP contribution in [0.4, 0.5) is 0 Å². The molecule has 0 aliphatic carbocycles. The third kappa shape index (κ3) is 3.95. The Morgan fingerprint density at radius 2 is 2.27 bits per heavy atom. The standard InChI is InChI=1S/C13H16ClN/c1-4-5-11(3)15-9-12-6-7-13(14)8-10(12)2/h1,6-8,11,15H,5,9H2,2-3H3. The summed E-state index contributed by atoms with van der Waals surface area (Å²) >= 11 is 5.88. The van der Waals surface area contributed by atoms with Gasteiger partial charge in [0.2, 0.25) is 0 Å². The van der Waals surface area contributed by atoms with Crippen molar-refractivity contribution in [1.29, 1.82) is 0 Å². The Hall–Kier alpha value is -0.970. The molecule has 1 atom stereocenters. The van der Waals surface area contributed by atoms with Crippen molar-refractivity contribution in [2.45, 2.75) is 32.9 Å². The molecular formula is C13H16ClN. The lowest BCUT2D eigenvalue weighted by Gasteiger charge is -2.12. The summed E-state index contributed by atoms with van der Waals surface area (Å²) in [5, 5.41) is 4.16. The van der Waals surface area contributed by atoms with Crippen molar-refractivity contribution in [2.75, 3.05) is 0 Å². The number of rotatable bonds is 4. The molecule has 0 heterocycles. The highest BCUT2D eigenvalue weighted by Crippen LogP contribution is 2.15. The van der Waals surface area contributed by atoms with E-state index in [1.165, 1.54) is 11.1 Å². The van der Waals surface area contributed by atoms with E-state index in [1.54, 1.807) is 0 Å². The number of benzene rings is 1. The van der Waals surface area contributed by atoms with Crippen molar-refractivity contribution < 1.29 is 0 Å². The fourth-order valence-electron chi connectivity index (χ4n) is 1.39. The molecule has 1 aromatic rings. The first-order valence-electron chi connectivity index (χ1n) is 5.05. The lowest BCUT2D eigenvalue weighted by atomic mass is 10.1. The van der Waals surface area contributed by atoms with Crippen molar-refractivity contribution in [2.24, 2.45) is 0 Å². The Labute approximate surface area is 96.8 Å². The lowest BCUT2D eigenvalue weighted by molar-refractivity contribution is 0.558. The summed E-state index contributed by atoms with van der Waals surface area (Å²) in [5.41, 5.74) is 2.48. The summed E-state index contributed by atoms with van der Waals surface area (Å²) in [7, 11) is 0. The fraction of sp³-hybridized carbons (Fsp3) is 0.385. The van der Waals surface area contributed by atoms with Gasteiger partial charge in [-0.2, -0.15) is 0 Å². The van der Waals surface area contributed by atoms with Gasteiger partial charge in [0.05, 0.1) is 0 Å². The third-order valence-corrected chi connectivity index (χ3v) is 2.60. The van der Waals surface area contributed by atoms with Gasteiger partial charge in [0.15, 0.2) is 0 Å². The SMILES string of the molecule is C#CCC(C)NCc1ccc(Cl)cc1C. The minimum atomic E-state index is 0.352. The predicted molar refractivity (Wildman–Crippen MR) is 65.9 cm³/mol. The van der Waals surface area contributed by atoms with Gasteiger partial charge in [0.1, 0.15) is 0 Å². The average Bonchev–Trinajstić information content (AvgIpc) is 2.17. The summed E-state index contributed by atoms with van der Waals surface area (Å²) in [5.74, 6) is 2.64. The van der Waals surface area contributed by atoms with Gasteiger partial charge in [0.25, 0.3) is 0 Å². The zero-order chi connectivity index (χ0) is 11.3. The van der Waals surface area contributed by atoms with E-state index >= 15 is 0 Å². The molecule has 0 aliphatic rings. The molecule has 0 saturated heterocycles. The molecule has 0 aromatic heterocycles. The summed E-state index contributed by atoms with van der Waals surface area (Å²) in [6, 6.07) is 6.29. The molecule has 1 nitrogen and oxygen atoms in total. The lowest BCUT2D eigenvalue weighted by Crippen LogP contribution is -2.25. The van der Waals surface area contributed by atoms with Gasteiger partial charge in [-0.05, 0) is 37.1 Å². The van der Waals surface area contributed by atoms with E-state index in [-0.39, 0.29) is 0 Å². The quantitative estimate of drug-likeness (QED) is 0.771. The number of halogens is 1. The van der Waals surface area contributed by atoms with Crippen LogP contribution in [0, 0.1) is 19.3 Å². The maximum absolute atomic E-state index is 5.88. The molecule has 0 saturated carbocycles.